The number of fused-ring (bicyclic) bond motifs is 1. The molecule has 0 bridgehead atoms. The minimum absolute atomic E-state index is 0.142. The van der Waals surface area contributed by atoms with Gasteiger partial charge in [-0.2, -0.15) is 13.2 Å². The van der Waals surface area contributed by atoms with Gasteiger partial charge in [-0.25, -0.2) is 20.1 Å². The quantitative estimate of drug-likeness (QED) is 0.119. The number of nitrogens with zero attached hydrogens (tertiary/aromatic N) is 1. The standard InChI is InChI=1S/C42H35F3N2O5/c43-42(44,45)36-23-21-32(22-24-36)31-14-12-30(13-15-31)26-50-37-4-2-1-3-33(37)16-9-28(25-29-10-19-35(20-11-29)40(48)49)6-5-27-7-17-34(18-8-27)38-46-39-41(51-39)52-47-38/h1-4,7-24,28,39,41H,5-6,25-26H2,(H,46,47)(H,48,49)/b16-9+. The van der Waals surface area contributed by atoms with Gasteiger partial charge in [0.05, 0.1) is 11.1 Å². The molecule has 3 unspecified atom stereocenters. The molecule has 7 nitrogen and oxygen atoms in total. The van der Waals surface area contributed by atoms with Crippen molar-refractivity contribution in [3.8, 4) is 16.9 Å². The first-order valence-corrected chi connectivity index (χ1v) is 16.9. The number of hydrogen-bond donors (Lipinski definition) is 2. The molecule has 7 rings (SSSR count). The van der Waals surface area contributed by atoms with Crippen LogP contribution in [0.1, 0.15) is 50.2 Å². The number of halogens is 3. The predicted octanol–water partition coefficient (Wildman–Crippen LogP) is 9.12. The monoisotopic (exact) mass is 704 g/mol. The van der Waals surface area contributed by atoms with E-state index in [4.69, 9.17) is 14.3 Å². The number of carbonyl (C=O) groups is 1. The summed E-state index contributed by atoms with van der Waals surface area (Å²) in [6.07, 6.45) is 1.76. The number of aromatic carboxylic acids is 1. The van der Waals surface area contributed by atoms with Gasteiger partial charge in [0.15, 0.2) is 5.84 Å². The molecule has 5 aromatic carbocycles. The highest BCUT2D eigenvalue weighted by atomic mass is 19.4. The Morgan fingerprint density at radius 3 is 2.13 bits per heavy atom. The Bertz CT molecular complexity index is 2060. The number of epoxide rings is 1. The van der Waals surface area contributed by atoms with Crippen LogP contribution in [0, 0.1) is 5.92 Å². The van der Waals surface area contributed by atoms with Gasteiger partial charge in [0.1, 0.15) is 12.4 Å². The lowest BCUT2D eigenvalue weighted by Crippen LogP contribution is -2.30. The van der Waals surface area contributed by atoms with Gasteiger partial charge in [-0.15, -0.1) is 0 Å². The van der Waals surface area contributed by atoms with Crippen molar-refractivity contribution in [1.82, 2.24) is 5.48 Å². The number of hydroxylamine groups is 1. The number of rotatable bonds is 13. The van der Waals surface area contributed by atoms with E-state index in [0.29, 0.717) is 18.0 Å². The minimum Gasteiger partial charge on any atom is -0.488 e. The molecule has 5 aromatic rings. The summed E-state index contributed by atoms with van der Waals surface area (Å²) in [4.78, 5) is 21.3. The van der Waals surface area contributed by atoms with Gasteiger partial charge in [0.25, 0.3) is 0 Å². The van der Waals surface area contributed by atoms with Crippen LogP contribution in [0.3, 0.4) is 0 Å². The number of hydrogen-bond acceptors (Lipinski definition) is 6. The van der Waals surface area contributed by atoms with Crippen LogP contribution in [0.2, 0.25) is 0 Å². The number of alkyl halides is 3. The lowest BCUT2D eigenvalue weighted by Gasteiger charge is -2.15. The summed E-state index contributed by atoms with van der Waals surface area (Å²) < 4.78 is 50.4. The number of aryl methyl sites for hydroxylation is 1. The molecule has 0 amide bonds. The average Bonchev–Trinajstić information content (AvgIpc) is 3.95. The van der Waals surface area contributed by atoms with Gasteiger partial charge in [-0.05, 0) is 83.3 Å². The lowest BCUT2D eigenvalue weighted by atomic mass is 9.91. The number of carboxylic acids is 1. The summed E-state index contributed by atoms with van der Waals surface area (Å²) in [5, 5.41) is 9.35. The van der Waals surface area contributed by atoms with Crippen molar-refractivity contribution in [3.63, 3.8) is 0 Å². The van der Waals surface area contributed by atoms with Gasteiger partial charge in [-0.1, -0.05) is 103 Å². The number of allylic oxidation sites excluding steroid dienone is 1. The molecule has 2 aliphatic rings. The fourth-order valence-electron chi connectivity index (χ4n) is 6.00. The van der Waals surface area contributed by atoms with Crippen molar-refractivity contribution >= 4 is 17.9 Å². The fraction of sp³-hybridized carbons (Fsp3) is 0.190. The van der Waals surface area contributed by atoms with Crippen LogP contribution in [0.25, 0.3) is 17.2 Å². The van der Waals surface area contributed by atoms with Crippen LogP contribution in [0.4, 0.5) is 13.2 Å². The molecule has 2 aliphatic heterocycles. The molecule has 1 saturated heterocycles. The molecule has 0 aliphatic carbocycles. The van der Waals surface area contributed by atoms with Crippen LogP contribution < -0.4 is 10.2 Å². The first kappa shape index (κ1) is 34.7. The molecule has 2 heterocycles. The highest BCUT2D eigenvalue weighted by Crippen LogP contribution is 2.32. The normalized spacial score (nSPS) is 17.2. The third-order valence-electron chi connectivity index (χ3n) is 9.05. The number of amidine groups is 1. The maximum absolute atomic E-state index is 13.0. The number of nitrogens with one attached hydrogen (secondary N) is 1. The number of aliphatic imine (C=N–C) groups is 1. The summed E-state index contributed by atoms with van der Waals surface area (Å²) in [5.74, 6) is 0.551. The number of benzene rings is 5. The molecule has 10 heteroatoms. The molecule has 1 fully saturated rings. The third-order valence-corrected chi connectivity index (χ3v) is 9.05. The Balaban J connectivity index is 1.02. The zero-order chi connectivity index (χ0) is 36.1. The highest BCUT2D eigenvalue weighted by molar-refractivity contribution is 5.98. The molecule has 3 atom stereocenters. The van der Waals surface area contributed by atoms with Crippen LogP contribution in [0.5, 0.6) is 5.75 Å². The highest BCUT2D eigenvalue weighted by Gasteiger charge is 2.44. The van der Waals surface area contributed by atoms with Crippen molar-refractivity contribution in [3.05, 3.63) is 166 Å². The average molecular weight is 705 g/mol. The molecule has 0 aromatic heterocycles. The van der Waals surface area contributed by atoms with E-state index in [1.807, 2.05) is 72.8 Å². The zero-order valence-corrected chi connectivity index (χ0v) is 27.9. The Morgan fingerprint density at radius 2 is 1.46 bits per heavy atom. The van der Waals surface area contributed by atoms with Crippen LogP contribution in [-0.2, 0) is 35.2 Å². The van der Waals surface area contributed by atoms with Crippen molar-refractivity contribution in [2.75, 3.05) is 0 Å². The molecule has 2 N–H and O–H groups in total. The fourth-order valence-corrected chi connectivity index (χ4v) is 6.00. The molecule has 0 spiro atoms. The Morgan fingerprint density at radius 1 is 0.827 bits per heavy atom. The predicted molar refractivity (Wildman–Crippen MR) is 191 cm³/mol. The van der Waals surface area contributed by atoms with Gasteiger partial charge in [0, 0.05) is 11.1 Å². The Kier molecular flexibility index (Phi) is 10.2. The van der Waals surface area contributed by atoms with Crippen molar-refractivity contribution < 1.29 is 37.4 Å². The van der Waals surface area contributed by atoms with Gasteiger partial charge in [0.2, 0.25) is 12.5 Å². The number of carboxylic acid groups (broad SMARTS) is 1. The molecule has 52 heavy (non-hydrogen) atoms. The van der Waals surface area contributed by atoms with E-state index in [-0.39, 0.29) is 24.0 Å². The van der Waals surface area contributed by atoms with Crippen LogP contribution in [0.15, 0.2) is 132 Å². The summed E-state index contributed by atoms with van der Waals surface area (Å²) >= 11 is 0. The number of para-hydroxylation sites is 1. The van der Waals surface area contributed by atoms with E-state index in [2.05, 4.69) is 34.8 Å². The van der Waals surface area contributed by atoms with Gasteiger partial charge >= 0.3 is 12.1 Å². The first-order chi connectivity index (χ1) is 25.2. The van der Waals surface area contributed by atoms with Gasteiger partial charge < -0.3 is 14.6 Å². The smallest absolute Gasteiger partial charge is 0.416 e. The maximum Gasteiger partial charge on any atom is 0.416 e. The summed E-state index contributed by atoms with van der Waals surface area (Å²) in [5.41, 5.74) is 8.92. The summed E-state index contributed by atoms with van der Waals surface area (Å²) in [6.45, 7) is 0.315. The molecular formula is C42H35F3N2O5. The van der Waals surface area contributed by atoms with E-state index >= 15 is 0 Å². The molecule has 264 valence electrons. The SMILES string of the molecule is O=C(O)c1ccc(CC(/C=C/c2ccccc2OCc2ccc(-c3ccc(C(F)(F)F)cc3)cc2)CCc2ccc(C3=NC4OC4ON3)cc2)cc1. The van der Waals surface area contributed by atoms with Crippen LogP contribution >= 0.6 is 0 Å². The molecule has 0 saturated carbocycles. The van der Waals surface area contributed by atoms with E-state index in [1.165, 1.54) is 17.7 Å². The minimum atomic E-state index is -4.37. The van der Waals surface area contributed by atoms with E-state index in [9.17, 15) is 23.1 Å². The third kappa shape index (κ3) is 8.77. The van der Waals surface area contributed by atoms with Gasteiger partial charge in [-0.3, -0.25) is 0 Å². The molecule has 0 radical (unpaired) electrons. The van der Waals surface area contributed by atoms with E-state index < -0.39 is 17.7 Å². The second kappa shape index (κ2) is 15.3. The maximum atomic E-state index is 13.0. The van der Waals surface area contributed by atoms with Crippen LogP contribution in [-0.4, -0.2) is 29.4 Å². The second-order valence-corrected chi connectivity index (χ2v) is 12.8. The zero-order valence-electron chi connectivity index (χ0n) is 27.9. The summed E-state index contributed by atoms with van der Waals surface area (Å²) in [7, 11) is 0. The first-order valence-electron chi connectivity index (χ1n) is 16.9. The largest absolute Gasteiger partial charge is 0.488 e. The van der Waals surface area contributed by atoms with Crippen molar-refractivity contribution in [2.45, 2.75) is 44.6 Å². The number of ether oxygens (including phenoxy) is 2. The van der Waals surface area contributed by atoms with Crippen molar-refractivity contribution in [1.29, 1.82) is 0 Å². The Hall–Kier alpha value is -5.71. The Labute approximate surface area is 299 Å². The van der Waals surface area contributed by atoms with E-state index in [1.54, 1.807) is 12.1 Å². The topological polar surface area (TPSA) is 92.7 Å². The summed E-state index contributed by atoms with van der Waals surface area (Å²) in [6, 6.07) is 35.7. The molecular weight excluding hydrogens is 669 g/mol. The lowest BCUT2D eigenvalue weighted by molar-refractivity contribution is -0.137. The van der Waals surface area contributed by atoms with Crippen molar-refractivity contribution in [2.24, 2.45) is 10.9 Å². The van der Waals surface area contributed by atoms with E-state index in [0.717, 1.165) is 65.0 Å². The second-order valence-electron chi connectivity index (χ2n) is 12.8.